The standard InChI is InChI=1S/C15H24N2O2/c1-13(12-18)11-16-7-9-17(10-8-16)14-3-5-15(19-2)6-4-14/h3-6,13,18H,7-12H2,1-2H3/t13-/m0/s1. The van der Waals surface area contributed by atoms with E-state index in [0.29, 0.717) is 5.92 Å². The van der Waals surface area contributed by atoms with Gasteiger partial charge in [-0.05, 0) is 30.2 Å². The fourth-order valence-electron chi connectivity index (χ4n) is 2.48. The highest BCUT2D eigenvalue weighted by molar-refractivity contribution is 5.49. The fourth-order valence-corrected chi connectivity index (χ4v) is 2.48. The van der Waals surface area contributed by atoms with Gasteiger partial charge in [0.05, 0.1) is 7.11 Å². The van der Waals surface area contributed by atoms with Gasteiger partial charge in [0, 0.05) is 45.0 Å². The van der Waals surface area contributed by atoms with E-state index in [1.54, 1.807) is 7.11 Å². The Morgan fingerprint density at radius 3 is 2.32 bits per heavy atom. The number of ether oxygens (including phenoxy) is 1. The van der Waals surface area contributed by atoms with Crippen molar-refractivity contribution in [2.24, 2.45) is 5.92 Å². The number of hydrogen-bond acceptors (Lipinski definition) is 4. The minimum Gasteiger partial charge on any atom is -0.497 e. The lowest BCUT2D eigenvalue weighted by atomic mass is 10.1. The van der Waals surface area contributed by atoms with Gasteiger partial charge in [0.2, 0.25) is 0 Å². The SMILES string of the molecule is COc1ccc(N2CCN(C[C@H](C)CO)CC2)cc1. The summed E-state index contributed by atoms with van der Waals surface area (Å²) >= 11 is 0. The lowest BCUT2D eigenvalue weighted by molar-refractivity contribution is 0.167. The first-order valence-corrected chi connectivity index (χ1v) is 6.95. The number of benzene rings is 1. The summed E-state index contributed by atoms with van der Waals surface area (Å²) in [6.07, 6.45) is 0. The molecule has 1 aromatic rings. The van der Waals surface area contributed by atoms with Gasteiger partial charge < -0.3 is 14.7 Å². The second-order valence-electron chi connectivity index (χ2n) is 5.27. The molecule has 4 nitrogen and oxygen atoms in total. The minimum atomic E-state index is 0.276. The van der Waals surface area contributed by atoms with E-state index >= 15 is 0 Å². The molecule has 19 heavy (non-hydrogen) atoms. The van der Waals surface area contributed by atoms with Gasteiger partial charge in [-0.1, -0.05) is 6.92 Å². The Labute approximate surface area is 115 Å². The number of anilines is 1. The molecule has 0 spiro atoms. The summed E-state index contributed by atoms with van der Waals surface area (Å²) in [6, 6.07) is 8.25. The number of rotatable bonds is 5. The highest BCUT2D eigenvalue weighted by Gasteiger charge is 2.18. The molecule has 0 bridgehead atoms. The lowest BCUT2D eigenvalue weighted by Gasteiger charge is -2.37. The van der Waals surface area contributed by atoms with Crippen molar-refractivity contribution in [3.8, 4) is 5.75 Å². The zero-order chi connectivity index (χ0) is 13.7. The summed E-state index contributed by atoms with van der Waals surface area (Å²) in [4.78, 5) is 4.83. The van der Waals surface area contributed by atoms with Crippen molar-refractivity contribution >= 4 is 5.69 Å². The van der Waals surface area contributed by atoms with Crippen LogP contribution in [0.3, 0.4) is 0 Å². The number of nitrogens with zero attached hydrogens (tertiary/aromatic N) is 2. The van der Waals surface area contributed by atoms with Gasteiger partial charge in [-0.3, -0.25) is 4.90 Å². The third kappa shape index (κ3) is 3.85. The van der Waals surface area contributed by atoms with Crippen LogP contribution in [0.25, 0.3) is 0 Å². The van der Waals surface area contributed by atoms with Crippen molar-refractivity contribution in [1.29, 1.82) is 0 Å². The van der Waals surface area contributed by atoms with Crippen molar-refractivity contribution in [3.63, 3.8) is 0 Å². The summed E-state index contributed by atoms with van der Waals surface area (Å²) in [5, 5.41) is 9.10. The highest BCUT2D eigenvalue weighted by Crippen LogP contribution is 2.20. The van der Waals surface area contributed by atoms with Gasteiger partial charge in [0.25, 0.3) is 0 Å². The summed E-state index contributed by atoms with van der Waals surface area (Å²) in [5.74, 6) is 1.27. The molecular formula is C15H24N2O2. The molecule has 1 aromatic carbocycles. The average molecular weight is 264 g/mol. The number of hydrogen-bond donors (Lipinski definition) is 1. The van der Waals surface area contributed by atoms with Crippen LogP contribution in [0.15, 0.2) is 24.3 Å². The van der Waals surface area contributed by atoms with Gasteiger partial charge in [-0.15, -0.1) is 0 Å². The predicted molar refractivity (Wildman–Crippen MR) is 77.9 cm³/mol. The first-order valence-electron chi connectivity index (χ1n) is 6.95. The third-order valence-corrected chi connectivity index (χ3v) is 3.69. The molecule has 0 unspecified atom stereocenters. The van der Waals surface area contributed by atoms with Crippen molar-refractivity contribution < 1.29 is 9.84 Å². The van der Waals surface area contributed by atoms with Crippen molar-refractivity contribution in [3.05, 3.63) is 24.3 Å². The van der Waals surface area contributed by atoms with Crippen molar-refractivity contribution in [1.82, 2.24) is 4.90 Å². The lowest BCUT2D eigenvalue weighted by Crippen LogP contribution is -2.47. The van der Waals surface area contributed by atoms with Crippen LogP contribution >= 0.6 is 0 Å². The topological polar surface area (TPSA) is 35.9 Å². The predicted octanol–water partition coefficient (Wildman–Crippen LogP) is 1.45. The first-order chi connectivity index (χ1) is 9.22. The first kappa shape index (κ1) is 14.2. The van der Waals surface area contributed by atoms with Crippen molar-refractivity contribution in [2.45, 2.75) is 6.92 Å². The Hall–Kier alpha value is -1.26. The van der Waals surface area contributed by atoms with Crippen LogP contribution in [0.4, 0.5) is 5.69 Å². The quantitative estimate of drug-likeness (QED) is 0.873. The Morgan fingerprint density at radius 2 is 1.79 bits per heavy atom. The van der Waals surface area contributed by atoms with Gasteiger partial charge in [-0.2, -0.15) is 0 Å². The van der Waals surface area contributed by atoms with Gasteiger partial charge >= 0.3 is 0 Å². The number of piperazine rings is 1. The van der Waals surface area contributed by atoms with Crippen LogP contribution < -0.4 is 9.64 Å². The number of methoxy groups -OCH3 is 1. The van der Waals surface area contributed by atoms with E-state index in [-0.39, 0.29) is 6.61 Å². The molecule has 1 aliphatic heterocycles. The van der Waals surface area contributed by atoms with E-state index in [0.717, 1.165) is 38.5 Å². The van der Waals surface area contributed by atoms with E-state index in [2.05, 4.69) is 28.9 Å². The monoisotopic (exact) mass is 264 g/mol. The molecule has 1 atom stereocenters. The maximum atomic E-state index is 9.10. The largest absolute Gasteiger partial charge is 0.497 e. The molecule has 0 amide bonds. The molecule has 2 rings (SSSR count). The highest BCUT2D eigenvalue weighted by atomic mass is 16.5. The van der Waals surface area contributed by atoms with Gasteiger partial charge in [0.15, 0.2) is 0 Å². The molecule has 1 fully saturated rings. The second-order valence-corrected chi connectivity index (χ2v) is 5.27. The molecule has 0 aromatic heterocycles. The molecule has 106 valence electrons. The smallest absolute Gasteiger partial charge is 0.119 e. The molecule has 0 saturated carbocycles. The molecule has 1 aliphatic rings. The zero-order valence-corrected chi connectivity index (χ0v) is 11.9. The molecule has 1 saturated heterocycles. The summed E-state index contributed by atoms with van der Waals surface area (Å²) in [5.41, 5.74) is 1.26. The van der Waals surface area contributed by atoms with E-state index < -0.39 is 0 Å². The third-order valence-electron chi connectivity index (χ3n) is 3.69. The number of aliphatic hydroxyl groups excluding tert-OH is 1. The van der Waals surface area contributed by atoms with Gasteiger partial charge in [-0.25, -0.2) is 0 Å². The van der Waals surface area contributed by atoms with Crippen LogP contribution in [0, 0.1) is 5.92 Å². The molecular weight excluding hydrogens is 240 g/mol. The Morgan fingerprint density at radius 1 is 1.16 bits per heavy atom. The van der Waals surface area contributed by atoms with E-state index in [1.165, 1.54) is 5.69 Å². The van der Waals surface area contributed by atoms with Crippen LogP contribution in [-0.4, -0.2) is 56.4 Å². The maximum Gasteiger partial charge on any atom is 0.119 e. The maximum absolute atomic E-state index is 9.10. The van der Waals surface area contributed by atoms with Crippen LogP contribution in [0.5, 0.6) is 5.75 Å². The molecule has 0 radical (unpaired) electrons. The summed E-state index contributed by atoms with van der Waals surface area (Å²) in [6.45, 7) is 7.59. The van der Waals surface area contributed by atoms with Gasteiger partial charge in [0.1, 0.15) is 5.75 Å². The molecule has 0 aliphatic carbocycles. The van der Waals surface area contributed by atoms with Crippen LogP contribution in [-0.2, 0) is 0 Å². The van der Waals surface area contributed by atoms with Crippen LogP contribution in [0.2, 0.25) is 0 Å². The normalized spacial score (nSPS) is 18.4. The van der Waals surface area contributed by atoms with E-state index in [9.17, 15) is 0 Å². The minimum absolute atomic E-state index is 0.276. The Bertz CT molecular complexity index is 372. The second kappa shape index (κ2) is 6.78. The fraction of sp³-hybridized carbons (Fsp3) is 0.600. The average Bonchev–Trinajstić information content (AvgIpc) is 2.48. The Kier molecular flexibility index (Phi) is 5.05. The zero-order valence-electron chi connectivity index (χ0n) is 11.9. The molecule has 1 N–H and O–H groups in total. The van der Waals surface area contributed by atoms with E-state index in [4.69, 9.17) is 9.84 Å². The molecule has 4 heteroatoms. The Balaban J connectivity index is 1.85. The van der Waals surface area contributed by atoms with E-state index in [1.807, 2.05) is 12.1 Å². The number of aliphatic hydroxyl groups is 1. The summed E-state index contributed by atoms with van der Waals surface area (Å²) < 4.78 is 5.18. The van der Waals surface area contributed by atoms with Crippen molar-refractivity contribution in [2.75, 3.05) is 51.3 Å². The van der Waals surface area contributed by atoms with Crippen LogP contribution in [0.1, 0.15) is 6.92 Å². The summed E-state index contributed by atoms with van der Waals surface area (Å²) in [7, 11) is 1.69. The molecule has 1 heterocycles.